The first kappa shape index (κ1) is 13.7. The number of aryl methyl sites for hydroxylation is 1. The van der Waals surface area contributed by atoms with E-state index in [-0.39, 0.29) is 0 Å². The monoisotopic (exact) mass is 344 g/mol. The molecule has 0 spiro atoms. The molecule has 0 N–H and O–H groups in total. The van der Waals surface area contributed by atoms with Crippen molar-refractivity contribution in [2.45, 2.75) is 13.5 Å². The summed E-state index contributed by atoms with van der Waals surface area (Å²) < 4.78 is 6.76. The van der Waals surface area contributed by atoms with Gasteiger partial charge in [0.2, 0.25) is 0 Å². The second kappa shape index (κ2) is 5.96. The molecule has 1 nitrogen and oxygen atoms in total. The van der Waals surface area contributed by atoms with Crippen LogP contribution >= 0.6 is 39.1 Å². The van der Waals surface area contributed by atoms with Gasteiger partial charge in [-0.1, -0.05) is 51.3 Å². The zero-order valence-electron chi connectivity index (χ0n) is 9.71. The van der Waals surface area contributed by atoms with Crippen molar-refractivity contribution in [3.05, 3.63) is 62.0 Å². The van der Waals surface area contributed by atoms with Gasteiger partial charge in [0.15, 0.2) is 0 Å². The van der Waals surface area contributed by atoms with E-state index in [9.17, 15) is 0 Å². The van der Waals surface area contributed by atoms with Crippen LogP contribution in [-0.4, -0.2) is 0 Å². The molecule has 2 rings (SSSR count). The predicted octanol–water partition coefficient (Wildman–Crippen LogP) is 5.64. The van der Waals surface area contributed by atoms with Crippen molar-refractivity contribution in [3.63, 3.8) is 0 Å². The standard InChI is InChI=1S/C14H11BrCl2O/c1-9-2-4-11(15)7-14(9)18-8-10-3-5-12(16)13(17)6-10/h2-7H,8H2,1H3. The van der Waals surface area contributed by atoms with Gasteiger partial charge in [-0.3, -0.25) is 0 Å². The average Bonchev–Trinajstić information content (AvgIpc) is 2.34. The highest BCUT2D eigenvalue weighted by Gasteiger charge is 2.03. The topological polar surface area (TPSA) is 9.23 Å². The van der Waals surface area contributed by atoms with Gasteiger partial charge in [-0.15, -0.1) is 0 Å². The summed E-state index contributed by atoms with van der Waals surface area (Å²) in [7, 11) is 0. The first-order valence-corrected chi connectivity index (χ1v) is 6.94. The molecule has 0 bridgehead atoms. The molecule has 94 valence electrons. The van der Waals surface area contributed by atoms with Gasteiger partial charge >= 0.3 is 0 Å². The Morgan fingerprint density at radius 2 is 1.83 bits per heavy atom. The zero-order valence-corrected chi connectivity index (χ0v) is 12.8. The SMILES string of the molecule is Cc1ccc(Br)cc1OCc1ccc(Cl)c(Cl)c1. The van der Waals surface area contributed by atoms with Crippen molar-refractivity contribution in [2.75, 3.05) is 0 Å². The molecule has 0 aliphatic heterocycles. The first-order chi connectivity index (χ1) is 8.56. The molecule has 0 atom stereocenters. The van der Waals surface area contributed by atoms with E-state index in [2.05, 4.69) is 15.9 Å². The fourth-order valence-electron chi connectivity index (χ4n) is 1.52. The Bertz CT molecular complexity index is 570. The molecule has 0 unspecified atom stereocenters. The quantitative estimate of drug-likeness (QED) is 0.699. The Kier molecular flexibility index (Phi) is 4.55. The minimum Gasteiger partial charge on any atom is -0.489 e. The average molecular weight is 346 g/mol. The molecule has 0 saturated carbocycles. The molecule has 0 saturated heterocycles. The van der Waals surface area contributed by atoms with Gasteiger partial charge in [0.1, 0.15) is 12.4 Å². The van der Waals surface area contributed by atoms with Crippen LogP contribution in [0.3, 0.4) is 0 Å². The number of hydrogen-bond donors (Lipinski definition) is 0. The van der Waals surface area contributed by atoms with Crippen LogP contribution in [0.15, 0.2) is 40.9 Å². The maximum absolute atomic E-state index is 5.96. The van der Waals surface area contributed by atoms with Gasteiger partial charge in [-0.2, -0.15) is 0 Å². The molecule has 0 amide bonds. The predicted molar refractivity (Wildman–Crippen MR) is 79.7 cm³/mol. The molecule has 2 aromatic carbocycles. The number of ether oxygens (including phenoxy) is 1. The van der Waals surface area contributed by atoms with Crippen LogP contribution in [0.4, 0.5) is 0 Å². The molecule has 0 aromatic heterocycles. The van der Waals surface area contributed by atoms with E-state index in [1.807, 2.05) is 37.3 Å². The summed E-state index contributed by atoms with van der Waals surface area (Å²) in [6.07, 6.45) is 0. The van der Waals surface area contributed by atoms with Crippen LogP contribution in [0.2, 0.25) is 10.0 Å². The molecule has 0 fully saturated rings. The summed E-state index contributed by atoms with van der Waals surface area (Å²) in [4.78, 5) is 0. The third-order valence-corrected chi connectivity index (χ3v) is 3.76. The molecular weight excluding hydrogens is 335 g/mol. The van der Waals surface area contributed by atoms with E-state index in [4.69, 9.17) is 27.9 Å². The van der Waals surface area contributed by atoms with E-state index >= 15 is 0 Å². The summed E-state index contributed by atoms with van der Waals surface area (Å²) >= 11 is 15.2. The van der Waals surface area contributed by atoms with Crippen molar-refractivity contribution in [3.8, 4) is 5.75 Å². The Morgan fingerprint density at radius 3 is 2.56 bits per heavy atom. The van der Waals surface area contributed by atoms with Gasteiger partial charge in [0, 0.05) is 4.47 Å². The van der Waals surface area contributed by atoms with Crippen molar-refractivity contribution in [1.29, 1.82) is 0 Å². The van der Waals surface area contributed by atoms with Gasteiger partial charge in [-0.05, 0) is 42.3 Å². The molecule has 2 aromatic rings. The number of rotatable bonds is 3. The largest absolute Gasteiger partial charge is 0.489 e. The maximum atomic E-state index is 5.96. The lowest BCUT2D eigenvalue weighted by atomic mass is 10.2. The van der Waals surface area contributed by atoms with Crippen LogP contribution in [0.1, 0.15) is 11.1 Å². The van der Waals surface area contributed by atoms with Gasteiger partial charge in [-0.25, -0.2) is 0 Å². The Labute approximate surface area is 125 Å². The number of benzene rings is 2. The summed E-state index contributed by atoms with van der Waals surface area (Å²) in [6.45, 7) is 2.48. The fraction of sp³-hybridized carbons (Fsp3) is 0.143. The summed E-state index contributed by atoms with van der Waals surface area (Å²) in [5.74, 6) is 0.857. The van der Waals surface area contributed by atoms with E-state index < -0.39 is 0 Å². The van der Waals surface area contributed by atoms with Gasteiger partial charge < -0.3 is 4.74 Å². The molecular formula is C14H11BrCl2O. The van der Waals surface area contributed by atoms with Crippen molar-refractivity contribution in [1.82, 2.24) is 0 Å². The second-order valence-corrected chi connectivity index (χ2v) is 5.68. The van der Waals surface area contributed by atoms with E-state index in [1.54, 1.807) is 6.07 Å². The lowest BCUT2D eigenvalue weighted by molar-refractivity contribution is 0.304. The lowest BCUT2D eigenvalue weighted by Gasteiger charge is -2.10. The summed E-state index contributed by atoms with van der Waals surface area (Å²) in [6, 6.07) is 11.4. The smallest absolute Gasteiger partial charge is 0.123 e. The van der Waals surface area contributed by atoms with Crippen molar-refractivity contribution >= 4 is 39.1 Å². The van der Waals surface area contributed by atoms with Crippen LogP contribution in [0.25, 0.3) is 0 Å². The molecule has 18 heavy (non-hydrogen) atoms. The van der Waals surface area contributed by atoms with Gasteiger partial charge in [0.05, 0.1) is 10.0 Å². The molecule has 4 heteroatoms. The Hall–Kier alpha value is -0.700. The van der Waals surface area contributed by atoms with Crippen molar-refractivity contribution in [2.24, 2.45) is 0 Å². The maximum Gasteiger partial charge on any atom is 0.123 e. The van der Waals surface area contributed by atoms with E-state index in [1.165, 1.54) is 0 Å². The van der Waals surface area contributed by atoms with Crippen LogP contribution < -0.4 is 4.74 Å². The lowest BCUT2D eigenvalue weighted by Crippen LogP contribution is -1.97. The molecule has 0 radical (unpaired) electrons. The summed E-state index contributed by atoms with van der Waals surface area (Å²) in [5.41, 5.74) is 2.09. The van der Waals surface area contributed by atoms with Crippen molar-refractivity contribution < 1.29 is 4.74 Å². The van der Waals surface area contributed by atoms with Crippen LogP contribution in [0.5, 0.6) is 5.75 Å². The number of hydrogen-bond acceptors (Lipinski definition) is 1. The summed E-state index contributed by atoms with van der Waals surface area (Å²) in [5, 5.41) is 1.10. The molecule has 0 aliphatic rings. The van der Waals surface area contributed by atoms with Crippen LogP contribution in [0, 0.1) is 6.92 Å². The van der Waals surface area contributed by atoms with E-state index in [0.717, 1.165) is 21.3 Å². The Balaban J connectivity index is 2.11. The normalized spacial score (nSPS) is 10.4. The van der Waals surface area contributed by atoms with E-state index in [0.29, 0.717) is 16.7 Å². The fourth-order valence-corrected chi connectivity index (χ4v) is 2.18. The number of halogens is 3. The highest BCUT2D eigenvalue weighted by molar-refractivity contribution is 9.10. The highest BCUT2D eigenvalue weighted by atomic mass is 79.9. The highest BCUT2D eigenvalue weighted by Crippen LogP contribution is 2.26. The minimum absolute atomic E-state index is 0.466. The van der Waals surface area contributed by atoms with Crippen LogP contribution in [-0.2, 0) is 6.61 Å². The molecule has 0 aliphatic carbocycles. The van der Waals surface area contributed by atoms with Gasteiger partial charge in [0.25, 0.3) is 0 Å². The zero-order chi connectivity index (χ0) is 13.1. The third kappa shape index (κ3) is 3.41. The molecule has 0 heterocycles. The first-order valence-electron chi connectivity index (χ1n) is 5.39. The second-order valence-electron chi connectivity index (χ2n) is 3.95. The Morgan fingerprint density at radius 1 is 1.06 bits per heavy atom. The minimum atomic E-state index is 0.466. The third-order valence-electron chi connectivity index (χ3n) is 2.53.